The number of carbonyl (C=O) groups is 2. The summed E-state index contributed by atoms with van der Waals surface area (Å²) >= 11 is 13.3. The van der Waals surface area contributed by atoms with Gasteiger partial charge in [-0.3, -0.25) is 9.59 Å². The van der Waals surface area contributed by atoms with Gasteiger partial charge in [0.25, 0.3) is 0 Å². The van der Waals surface area contributed by atoms with Crippen molar-refractivity contribution in [3.8, 4) is 0 Å². The highest BCUT2D eigenvalue weighted by Gasteiger charge is 2.13. The van der Waals surface area contributed by atoms with Crippen molar-refractivity contribution >= 4 is 58.7 Å². The van der Waals surface area contributed by atoms with Crippen LogP contribution < -0.4 is 10.7 Å². The van der Waals surface area contributed by atoms with Crippen LogP contribution in [-0.4, -0.2) is 24.3 Å². The molecule has 0 aliphatic rings. The van der Waals surface area contributed by atoms with Crippen LogP contribution in [0.1, 0.15) is 5.56 Å². The Morgan fingerprint density at radius 2 is 1.75 bits per heavy atom. The molecular weight excluding hydrogens is 369 g/mol. The third-order valence-electron chi connectivity index (χ3n) is 2.88. The Morgan fingerprint density at radius 1 is 1.04 bits per heavy atom. The Bertz CT molecular complexity index is 779. The molecule has 5 nitrogen and oxygen atoms in total. The first-order valence-corrected chi connectivity index (χ1v) is 8.71. The molecule has 2 rings (SSSR count). The van der Waals surface area contributed by atoms with Crippen LogP contribution in [-0.2, 0) is 9.59 Å². The summed E-state index contributed by atoms with van der Waals surface area (Å²) in [5, 5.41) is 6.79. The van der Waals surface area contributed by atoms with Crippen molar-refractivity contribution in [1.82, 2.24) is 5.43 Å². The summed E-state index contributed by atoms with van der Waals surface area (Å²) in [6.07, 6.45) is 3.43. The summed E-state index contributed by atoms with van der Waals surface area (Å²) in [4.78, 5) is 24.6. The minimum Gasteiger partial charge on any atom is -0.318 e. The van der Waals surface area contributed by atoms with Gasteiger partial charge in [0.2, 0.25) is 0 Å². The molecular formula is C16H13Cl2N3O2S. The molecule has 0 heterocycles. The molecule has 0 saturated carbocycles. The number of hydrogen-bond acceptors (Lipinski definition) is 4. The van der Waals surface area contributed by atoms with E-state index < -0.39 is 11.8 Å². The number of nitrogens with one attached hydrogen (secondary N) is 2. The lowest BCUT2D eigenvalue weighted by molar-refractivity contribution is -0.136. The maximum absolute atomic E-state index is 11.8. The van der Waals surface area contributed by atoms with Crippen molar-refractivity contribution in [2.45, 2.75) is 4.90 Å². The molecule has 2 aromatic carbocycles. The van der Waals surface area contributed by atoms with Crippen molar-refractivity contribution in [3.05, 3.63) is 58.1 Å². The fourth-order valence-electron chi connectivity index (χ4n) is 1.67. The van der Waals surface area contributed by atoms with E-state index in [-0.39, 0.29) is 5.02 Å². The van der Waals surface area contributed by atoms with Gasteiger partial charge in [0, 0.05) is 10.6 Å². The van der Waals surface area contributed by atoms with Crippen LogP contribution in [0.25, 0.3) is 0 Å². The molecule has 0 bridgehead atoms. The van der Waals surface area contributed by atoms with Gasteiger partial charge < -0.3 is 5.32 Å². The summed E-state index contributed by atoms with van der Waals surface area (Å²) in [5.41, 5.74) is 3.33. The van der Waals surface area contributed by atoms with Gasteiger partial charge in [0.1, 0.15) is 0 Å². The molecule has 0 spiro atoms. The quantitative estimate of drug-likeness (QED) is 0.366. The second kappa shape index (κ2) is 8.73. The van der Waals surface area contributed by atoms with Crippen LogP contribution in [0.5, 0.6) is 0 Å². The fraction of sp³-hybridized carbons (Fsp3) is 0.0625. The van der Waals surface area contributed by atoms with Gasteiger partial charge in [-0.05, 0) is 42.2 Å². The molecule has 2 amide bonds. The van der Waals surface area contributed by atoms with Gasteiger partial charge in [0.15, 0.2) is 0 Å². The number of hydrazone groups is 1. The maximum atomic E-state index is 11.8. The van der Waals surface area contributed by atoms with Crippen LogP contribution in [0, 0.1) is 0 Å². The van der Waals surface area contributed by atoms with Crippen molar-refractivity contribution in [2.24, 2.45) is 5.10 Å². The Kier molecular flexibility index (Phi) is 6.66. The predicted molar refractivity (Wildman–Crippen MR) is 99.1 cm³/mol. The number of thioether (sulfide) groups is 1. The van der Waals surface area contributed by atoms with Gasteiger partial charge >= 0.3 is 11.8 Å². The third kappa shape index (κ3) is 5.26. The van der Waals surface area contributed by atoms with E-state index in [2.05, 4.69) is 15.8 Å². The lowest BCUT2D eigenvalue weighted by Gasteiger charge is -2.05. The molecule has 0 aliphatic heterocycles. The largest absolute Gasteiger partial charge is 0.329 e. The first-order valence-electron chi connectivity index (χ1n) is 6.73. The smallest absolute Gasteiger partial charge is 0.318 e. The number of hydrogen-bond donors (Lipinski definition) is 2. The van der Waals surface area contributed by atoms with Crippen molar-refractivity contribution in [1.29, 1.82) is 0 Å². The van der Waals surface area contributed by atoms with E-state index in [4.69, 9.17) is 23.2 Å². The summed E-state index contributed by atoms with van der Waals surface area (Å²) < 4.78 is 0. The second-order valence-electron chi connectivity index (χ2n) is 4.56. The third-order valence-corrected chi connectivity index (χ3v) is 4.36. The summed E-state index contributed by atoms with van der Waals surface area (Å²) in [5.74, 6) is -1.75. The van der Waals surface area contributed by atoms with E-state index in [0.717, 1.165) is 10.5 Å². The number of carbonyl (C=O) groups excluding carboxylic acids is 2. The van der Waals surface area contributed by atoms with Crippen molar-refractivity contribution in [2.75, 3.05) is 11.6 Å². The highest BCUT2D eigenvalue weighted by atomic mass is 35.5. The number of amides is 2. The zero-order chi connectivity index (χ0) is 17.5. The average Bonchev–Trinajstić information content (AvgIpc) is 2.58. The highest BCUT2D eigenvalue weighted by Crippen LogP contribution is 2.24. The lowest BCUT2D eigenvalue weighted by atomic mass is 10.2. The van der Waals surface area contributed by atoms with Gasteiger partial charge in [-0.15, -0.1) is 11.8 Å². The van der Waals surface area contributed by atoms with Crippen LogP contribution in [0.15, 0.2) is 52.5 Å². The van der Waals surface area contributed by atoms with Crippen molar-refractivity contribution < 1.29 is 9.59 Å². The van der Waals surface area contributed by atoms with Crippen LogP contribution in [0.3, 0.4) is 0 Å². The van der Waals surface area contributed by atoms with Gasteiger partial charge in [-0.1, -0.05) is 35.3 Å². The number of anilines is 1. The number of benzene rings is 2. The Morgan fingerprint density at radius 3 is 2.38 bits per heavy atom. The molecule has 0 saturated heterocycles. The van der Waals surface area contributed by atoms with E-state index >= 15 is 0 Å². The topological polar surface area (TPSA) is 70.6 Å². The van der Waals surface area contributed by atoms with E-state index in [1.54, 1.807) is 11.8 Å². The normalized spacial score (nSPS) is 10.6. The number of nitrogens with zero attached hydrogens (tertiary/aromatic N) is 1. The minimum atomic E-state index is -0.891. The summed E-state index contributed by atoms with van der Waals surface area (Å²) in [6, 6.07) is 12.1. The molecule has 0 unspecified atom stereocenters. The Balaban J connectivity index is 1.89. The molecule has 2 N–H and O–H groups in total. The molecule has 0 fully saturated rings. The van der Waals surface area contributed by atoms with Crippen molar-refractivity contribution in [3.63, 3.8) is 0 Å². The van der Waals surface area contributed by atoms with Gasteiger partial charge in [-0.25, -0.2) is 5.43 Å². The average molecular weight is 382 g/mol. The van der Waals surface area contributed by atoms with E-state index in [9.17, 15) is 9.59 Å². The Labute approximate surface area is 153 Å². The molecule has 8 heteroatoms. The fourth-order valence-corrected chi connectivity index (χ4v) is 2.37. The second-order valence-corrected chi connectivity index (χ2v) is 6.25. The zero-order valence-electron chi connectivity index (χ0n) is 12.5. The number of rotatable bonds is 4. The standard InChI is InChI=1S/C16H13Cl2N3O2S/c1-24-12-5-2-10(3-6-12)9-19-21-16(23)15(22)20-11-4-7-13(17)14(18)8-11/h2-9H,1H3,(H,20,22)(H,21,23)/b19-9-. The van der Waals surface area contributed by atoms with Crippen LogP contribution in [0.4, 0.5) is 5.69 Å². The lowest BCUT2D eigenvalue weighted by Crippen LogP contribution is -2.32. The Hall–Kier alpha value is -2.02. The molecule has 0 radical (unpaired) electrons. The predicted octanol–water partition coefficient (Wildman–Crippen LogP) is 3.80. The monoisotopic (exact) mass is 381 g/mol. The highest BCUT2D eigenvalue weighted by molar-refractivity contribution is 7.98. The van der Waals surface area contributed by atoms with Gasteiger partial charge in [-0.2, -0.15) is 5.10 Å². The SMILES string of the molecule is CSc1ccc(/C=N\NC(=O)C(=O)Nc2ccc(Cl)c(Cl)c2)cc1. The van der Waals surface area contributed by atoms with Crippen LogP contribution >= 0.6 is 35.0 Å². The van der Waals surface area contributed by atoms with E-state index in [1.165, 1.54) is 24.4 Å². The van der Waals surface area contributed by atoms with E-state index in [1.807, 2.05) is 30.5 Å². The summed E-state index contributed by atoms with van der Waals surface area (Å²) in [7, 11) is 0. The number of halogens is 2. The maximum Gasteiger partial charge on any atom is 0.329 e. The zero-order valence-corrected chi connectivity index (χ0v) is 14.9. The first-order chi connectivity index (χ1) is 11.5. The molecule has 0 aromatic heterocycles. The molecule has 124 valence electrons. The molecule has 2 aromatic rings. The van der Waals surface area contributed by atoms with Crippen LogP contribution in [0.2, 0.25) is 10.0 Å². The minimum absolute atomic E-state index is 0.279. The molecule has 0 atom stereocenters. The first kappa shape index (κ1) is 18.3. The molecule has 24 heavy (non-hydrogen) atoms. The van der Waals surface area contributed by atoms with Gasteiger partial charge in [0.05, 0.1) is 16.3 Å². The van der Waals surface area contributed by atoms with E-state index in [0.29, 0.717) is 10.7 Å². The molecule has 0 aliphatic carbocycles. The summed E-state index contributed by atoms with van der Waals surface area (Å²) in [6.45, 7) is 0.